The van der Waals surface area contributed by atoms with E-state index in [9.17, 15) is 16.8 Å². The predicted octanol–water partition coefficient (Wildman–Crippen LogP) is 4.76. The monoisotopic (exact) mass is 496 g/mol. The van der Waals surface area contributed by atoms with Gasteiger partial charge in [0.15, 0.2) is 0 Å². The summed E-state index contributed by atoms with van der Waals surface area (Å²) < 4.78 is 66.6. The second-order valence-corrected chi connectivity index (χ2v) is 11.3. The van der Waals surface area contributed by atoms with Crippen LogP contribution in [0, 0.1) is 0 Å². The molecule has 0 aromatic rings. The van der Waals surface area contributed by atoms with E-state index in [0.29, 0.717) is 6.42 Å². The van der Waals surface area contributed by atoms with Crippen LogP contribution in [0.2, 0.25) is 0 Å². The zero-order valence-electron chi connectivity index (χ0n) is 18.8. The van der Waals surface area contributed by atoms with Gasteiger partial charge in [-0.05, 0) is 6.42 Å². The standard InChI is InChI=1S/C21H44O7S2.Na.H/c1-2-3-4-5-6-7-8-9-10-11-12-13-14-15-16-17-18-28-21(19-29(22,23)24)20-30(25,26)27;;/h21H,2-20H2,1H3,(H,22,23,24)(H,25,26,27);;. The first-order valence-corrected chi connectivity index (χ1v) is 14.9. The molecule has 31 heavy (non-hydrogen) atoms. The summed E-state index contributed by atoms with van der Waals surface area (Å²) in [6.45, 7) is 2.45. The van der Waals surface area contributed by atoms with Crippen LogP contribution < -0.4 is 0 Å². The normalized spacial score (nSPS) is 12.3. The predicted molar refractivity (Wildman–Crippen MR) is 129 cm³/mol. The molecule has 7 nitrogen and oxygen atoms in total. The Bertz CT molecular complexity index is 561. The molecule has 0 aromatic heterocycles. The van der Waals surface area contributed by atoms with Crippen molar-refractivity contribution in [3.63, 3.8) is 0 Å². The third-order valence-corrected chi connectivity index (χ3v) is 6.73. The molecule has 0 heterocycles. The minimum atomic E-state index is -4.37. The molecule has 0 rings (SSSR count). The Labute approximate surface area is 213 Å². The van der Waals surface area contributed by atoms with Crippen LogP contribution in [-0.2, 0) is 25.0 Å². The van der Waals surface area contributed by atoms with Crippen molar-refractivity contribution in [3.8, 4) is 0 Å². The van der Waals surface area contributed by atoms with Crippen LogP contribution >= 0.6 is 0 Å². The SMILES string of the molecule is CCCCCCCCCCCCCCCCCCOC(CS(=O)(=O)O)CS(=O)(=O)O.[NaH]. The van der Waals surface area contributed by atoms with E-state index < -0.39 is 37.8 Å². The summed E-state index contributed by atoms with van der Waals surface area (Å²) in [5, 5.41) is 0. The summed E-state index contributed by atoms with van der Waals surface area (Å²) in [5.74, 6) is -1.68. The first-order valence-electron chi connectivity index (χ1n) is 11.7. The van der Waals surface area contributed by atoms with E-state index >= 15 is 0 Å². The minimum absolute atomic E-state index is 0. The van der Waals surface area contributed by atoms with Crippen molar-refractivity contribution in [1.82, 2.24) is 0 Å². The van der Waals surface area contributed by atoms with Crippen LogP contribution in [0.4, 0.5) is 0 Å². The van der Waals surface area contributed by atoms with Gasteiger partial charge in [0.25, 0.3) is 20.2 Å². The quantitative estimate of drug-likeness (QED) is 0.126. The third-order valence-electron chi connectivity index (χ3n) is 5.14. The van der Waals surface area contributed by atoms with Crippen molar-refractivity contribution in [2.75, 3.05) is 18.1 Å². The molecule has 2 N–H and O–H groups in total. The van der Waals surface area contributed by atoms with E-state index in [0.717, 1.165) is 19.3 Å². The van der Waals surface area contributed by atoms with Gasteiger partial charge in [0, 0.05) is 6.61 Å². The fourth-order valence-electron chi connectivity index (χ4n) is 3.51. The molecule has 0 aliphatic rings. The van der Waals surface area contributed by atoms with Crippen molar-refractivity contribution in [1.29, 1.82) is 0 Å². The molecule has 0 aliphatic heterocycles. The summed E-state index contributed by atoms with van der Waals surface area (Å²) in [4.78, 5) is 0. The molecule has 0 saturated heterocycles. The number of hydrogen-bond acceptors (Lipinski definition) is 5. The molecule has 10 heteroatoms. The summed E-state index contributed by atoms with van der Waals surface area (Å²) in [5.41, 5.74) is 0. The van der Waals surface area contributed by atoms with Crippen LogP contribution in [0.25, 0.3) is 0 Å². The van der Waals surface area contributed by atoms with E-state index in [1.165, 1.54) is 77.0 Å². The van der Waals surface area contributed by atoms with Gasteiger partial charge in [-0.25, -0.2) is 0 Å². The molecular weight excluding hydrogens is 451 g/mol. The van der Waals surface area contributed by atoms with Gasteiger partial charge in [-0.2, -0.15) is 16.8 Å². The molecule has 0 aliphatic carbocycles. The number of rotatable bonds is 22. The summed E-state index contributed by atoms with van der Waals surface area (Å²) in [6, 6.07) is 0. The Morgan fingerprint density at radius 1 is 0.581 bits per heavy atom. The first kappa shape index (κ1) is 34.0. The van der Waals surface area contributed by atoms with E-state index in [4.69, 9.17) is 13.8 Å². The summed E-state index contributed by atoms with van der Waals surface area (Å²) in [7, 11) is -8.74. The molecule has 0 spiro atoms. The number of ether oxygens (including phenoxy) is 1. The van der Waals surface area contributed by atoms with E-state index in [-0.39, 0.29) is 36.2 Å². The van der Waals surface area contributed by atoms with E-state index in [1.807, 2.05) is 0 Å². The van der Waals surface area contributed by atoms with E-state index in [1.54, 1.807) is 0 Å². The molecule has 184 valence electrons. The maximum atomic E-state index is 10.9. The molecule has 0 amide bonds. The third kappa shape index (κ3) is 28.7. The summed E-state index contributed by atoms with van der Waals surface area (Å²) in [6.07, 6.45) is 18.6. The van der Waals surface area contributed by atoms with Crippen LogP contribution in [0.15, 0.2) is 0 Å². The second-order valence-electron chi connectivity index (χ2n) is 8.29. The molecule has 0 bridgehead atoms. The topological polar surface area (TPSA) is 118 Å². The van der Waals surface area contributed by atoms with Gasteiger partial charge in [-0.1, -0.05) is 103 Å². The van der Waals surface area contributed by atoms with Gasteiger partial charge < -0.3 is 4.74 Å². The Kier molecular flexibility index (Phi) is 23.4. The van der Waals surface area contributed by atoms with E-state index in [2.05, 4.69) is 6.92 Å². The first-order chi connectivity index (χ1) is 14.1. The Morgan fingerprint density at radius 3 is 1.16 bits per heavy atom. The number of hydrogen-bond donors (Lipinski definition) is 2. The molecule has 0 unspecified atom stereocenters. The van der Waals surface area contributed by atoms with Gasteiger partial charge >= 0.3 is 29.6 Å². The fraction of sp³-hybridized carbons (Fsp3) is 1.00. The van der Waals surface area contributed by atoms with Gasteiger partial charge in [-0.15, -0.1) is 0 Å². The van der Waals surface area contributed by atoms with Crippen molar-refractivity contribution in [2.24, 2.45) is 0 Å². The summed E-state index contributed by atoms with van der Waals surface area (Å²) >= 11 is 0. The zero-order chi connectivity index (χ0) is 22.7. The van der Waals surface area contributed by atoms with Crippen molar-refractivity contribution in [3.05, 3.63) is 0 Å². The molecule has 0 atom stereocenters. The Balaban J connectivity index is 0. The molecule has 0 radical (unpaired) electrons. The molecule has 0 saturated carbocycles. The second kappa shape index (κ2) is 21.3. The molecule has 0 fully saturated rings. The zero-order valence-corrected chi connectivity index (χ0v) is 20.4. The van der Waals surface area contributed by atoms with Gasteiger partial charge in [0.1, 0.15) is 11.5 Å². The maximum absolute atomic E-state index is 10.9. The Hall–Kier alpha value is 0.780. The van der Waals surface area contributed by atoms with Crippen LogP contribution in [0.1, 0.15) is 110 Å². The van der Waals surface area contributed by atoms with Crippen molar-refractivity contribution >= 4 is 49.8 Å². The van der Waals surface area contributed by atoms with Crippen LogP contribution in [-0.4, -0.2) is 79.7 Å². The van der Waals surface area contributed by atoms with Crippen LogP contribution in [0.5, 0.6) is 0 Å². The Morgan fingerprint density at radius 2 is 0.871 bits per heavy atom. The van der Waals surface area contributed by atoms with Crippen LogP contribution in [0.3, 0.4) is 0 Å². The average molecular weight is 497 g/mol. The van der Waals surface area contributed by atoms with Crippen molar-refractivity contribution < 1.29 is 30.7 Å². The molecular formula is C21H45NaO7S2. The average Bonchev–Trinajstić information content (AvgIpc) is 2.61. The fourth-order valence-corrected chi connectivity index (χ4v) is 5.03. The van der Waals surface area contributed by atoms with Gasteiger partial charge in [0.05, 0.1) is 6.10 Å². The van der Waals surface area contributed by atoms with Crippen molar-refractivity contribution in [2.45, 2.75) is 116 Å². The number of unbranched alkanes of at least 4 members (excludes halogenated alkanes) is 15. The van der Waals surface area contributed by atoms with Gasteiger partial charge in [0.2, 0.25) is 0 Å². The molecule has 0 aromatic carbocycles. The van der Waals surface area contributed by atoms with Gasteiger partial charge in [-0.3, -0.25) is 9.11 Å².